The molecule has 1 aromatic heterocycles. The van der Waals surface area contributed by atoms with Gasteiger partial charge >= 0.3 is 0 Å². The van der Waals surface area contributed by atoms with Gasteiger partial charge in [0.15, 0.2) is 5.69 Å². The van der Waals surface area contributed by atoms with Crippen LogP contribution in [0.5, 0.6) is 0 Å². The fraction of sp³-hybridized carbons (Fsp3) is 0.636. The van der Waals surface area contributed by atoms with Crippen LogP contribution in [0, 0.1) is 0 Å². The first-order valence-electron chi connectivity index (χ1n) is 5.85. The van der Waals surface area contributed by atoms with Crippen LogP contribution in [0.1, 0.15) is 16.9 Å². The zero-order chi connectivity index (χ0) is 12.4. The van der Waals surface area contributed by atoms with Crippen molar-refractivity contribution in [2.75, 3.05) is 39.0 Å². The fourth-order valence-electron chi connectivity index (χ4n) is 2.07. The van der Waals surface area contributed by atoms with Crippen molar-refractivity contribution in [2.24, 2.45) is 7.05 Å². The van der Waals surface area contributed by atoms with E-state index >= 15 is 0 Å². The number of aromatic nitrogens is 2. The van der Waals surface area contributed by atoms with Crippen LogP contribution in [-0.4, -0.2) is 58.7 Å². The highest BCUT2D eigenvalue weighted by molar-refractivity contribution is 5.97. The molecule has 6 nitrogen and oxygen atoms in total. The lowest BCUT2D eigenvalue weighted by Gasteiger charge is -2.19. The Hall–Kier alpha value is -1.56. The summed E-state index contributed by atoms with van der Waals surface area (Å²) in [6.07, 6.45) is 2.66. The number of aryl methyl sites for hydroxylation is 1. The molecule has 1 aliphatic rings. The second-order valence-corrected chi connectivity index (χ2v) is 4.56. The zero-order valence-electron chi connectivity index (χ0n) is 10.4. The smallest absolute Gasteiger partial charge is 0.276 e. The lowest BCUT2D eigenvalue weighted by atomic mass is 10.3. The average molecular weight is 237 g/mol. The average Bonchev–Trinajstić information content (AvgIpc) is 2.49. The molecule has 0 saturated carbocycles. The van der Waals surface area contributed by atoms with Gasteiger partial charge in [-0.25, -0.2) is 0 Å². The van der Waals surface area contributed by atoms with Crippen LogP contribution < -0.4 is 5.73 Å². The number of rotatable bonds is 1. The van der Waals surface area contributed by atoms with Crippen LogP contribution in [0.15, 0.2) is 6.20 Å². The third-order valence-corrected chi connectivity index (χ3v) is 3.07. The van der Waals surface area contributed by atoms with Crippen LogP contribution in [0.2, 0.25) is 0 Å². The molecule has 17 heavy (non-hydrogen) atoms. The third kappa shape index (κ3) is 2.58. The van der Waals surface area contributed by atoms with E-state index in [1.165, 1.54) is 0 Å². The molecule has 2 N–H and O–H groups in total. The van der Waals surface area contributed by atoms with Crippen LogP contribution in [0.4, 0.5) is 5.69 Å². The molecule has 6 heteroatoms. The Balaban J connectivity index is 2.11. The maximum absolute atomic E-state index is 12.2. The van der Waals surface area contributed by atoms with Gasteiger partial charge in [0, 0.05) is 32.9 Å². The molecule has 1 aromatic rings. The largest absolute Gasteiger partial charge is 0.396 e. The summed E-state index contributed by atoms with van der Waals surface area (Å²) in [5.74, 6) is -0.0570. The molecule has 0 aromatic carbocycles. The fourth-order valence-corrected chi connectivity index (χ4v) is 2.07. The lowest BCUT2D eigenvalue weighted by molar-refractivity contribution is 0.0757. The van der Waals surface area contributed by atoms with Gasteiger partial charge in [-0.1, -0.05) is 0 Å². The molecule has 1 aliphatic heterocycles. The van der Waals surface area contributed by atoms with Gasteiger partial charge in [-0.05, 0) is 20.0 Å². The number of nitrogen functional groups attached to an aromatic ring is 1. The zero-order valence-corrected chi connectivity index (χ0v) is 10.4. The molecule has 0 bridgehead atoms. The van der Waals surface area contributed by atoms with Gasteiger partial charge in [-0.15, -0.1) is 0 Å². The number of hydrogen-bond acceptors (Lipinski definition) is 4. The highest BCUT2D eigenvalue weighted by Gasteiger charge is 2.22. The molecule has 0 atom stereocenters. The Bertz CT molecular complexity index is 414. The second kappa shape index (κ2) is 4.75. The van der Waals surface area contributed by atoms with E-state index in [0.717, 1.165) is 32.6 Å². The SMILES string of the molecule is CN1CCCN(C(=O)c2nn(C)cc2N)CC1. The van der Waals surface area contributed by atoms with Gasteiger partial charge in [0.25, 0.3) is 5.91 Å². The predicted molar refractivity (Wildman–Crippen MR) is 65.6 cm³/mol. The van der Waals surface area contributed by atoms with Gasteiger partial charge in [0.05, 0.1) is 5.69 Å². The van der Waals surface area contributed by atoms with Crippen LogP contribution in [0.25, 0.3) is 0 Å². The van der Waals surface area contributed by atoms with E-state index in [-0.39, 0.29) is 5.91 Å². The molecule has 94 valence electrons. The number of anilines is 1. The first kappa shape index (κ1) is 11.9. The number of nitrogens with two attached hydrogens (primary N) is 1. The topological polar surface area (TPSA) is 67.4 Å². The molecule has 0 radical (unpaired) electrons. The summed E-state index contributed by atoms with van der Waals surface area (Å²) >= 11 is 0. The van der Waals surface area contributed by atoms with E-state index < -0.39 is 0 Å². The van der Waals surface area contributed by atoms with Crippen LogP contribution in [0.3, 0.4) is 0 Å². The van der Waals surface area contributed by atoms with Crippen molar-refractivity contribution in [3.8, 4) is 0 Å². The molecule has 1 amide bonds. The van der Waals surface area contributed by atoms with Crippen molar-refractivity contribution in [1.82, 2.24) is 19.6 Å². The lowest BCUT2D eigenvalue weighted by Crippen LogP contribution is -2.35. The van der Waals surface area contributed by atoms with E-state index in [1.54, 1.807) is 17.9 Å². The molecule has 0 spiro atoms. The maximum atomic E-state index is 12.2. The third-order valence-electron chi connectivity index (χ3n) is 3.07. The number of nitrogens with zero attached hydrogens (tertiary/aromatic N) is 4. The Labute approximate surface area is 101 Å². The van der Waals surface area contributed by atoms with E-state index in [9.17, 15) is 4.79 Å². The van der Waals surface area contributed by atoms with E-state index in [1.807, 2.05) is 4.90 Å². The minimum Gasteiger partial charge on any atom is -0.396 e. The molecule has 0 unspecified atom stereocenters. The summed E-state index contributed by atoms with van der Waals surface area (Å²) in [7, 11) is 3.84. The number of likely N-dealkylation sites (N-methyl/N-ethyl adjacent to an activating group) is 1. The van der Waals surface area contributed by atoms with Gasteiger partial charge in [0.2, 0.25) is 0 Å². The summed E-state index contributed by atoms with van der Waals surface area (Å²) in [6, 6.07) is 0. The van der Waals surface area contributed by atoms with Crippen molar-refractivity contribution >= 4 is 11.6 Å². The summed E-state index contributed by atoms with van der Waals surface area (Å²) in [5, 5.41) is 4.12. The second-order valence-electron chi connectivity index (χ2n) is 4.56. The van der Waals surface area contributed by atoms with Crippen molar-refractivity contribution in [1.29, 1.82) is 0 Å². The van der Waals surface area contributed by atoms with E-state index in [0.29, 0.717) is 11.4 Å². The van der Waals surface area contributed by atoms with Crippen LogP contribution in [-0.2, 0) is 7.05 Å². The molecule has 1 fully saturated rings. The van der Waals surface area contributed by atoms with E-state index in [4.69, 9.17) is 5.73 Å². The number of hydrogen-bond donors (Lipinski definition) is 1. The predicted octanol–water partition coefficient (Wildman–Crippen LogP) is -0.220. The first-order chi connectivity index (χ1) is 8.08. The van der Waals surface area contributed by atoms with Gasteiger partial charge in [-0.2, -0.15) is 5.10 Å². The van der Waals surface area contributed by atoms with Crippen molar-refractivity contribution < 1.29 is 4.79 Å². The summed E-state index contributed by atoms with van der Waals surface area (Å²) < 4.78 is 1.58. The van der Waals surface area contributed by atoms with Crippen molar-refractivity contribution in [3.63, 3.8) is 0 Å². The quantitative estimate of drug-likeness (QED) is 0.733. The normalized spacial score (nSPS) is 18.1. The Morgan fingerprint density at radius 3 is 2.71 bits per heavy atom. The molecule has 0 aliphatic carbocycles. The Morgan fingerprint density at radius 2 is 2.06 bits per heavy atom. The van der Waals surface area contributed by atoms with Gasteiger partial charge in [-0.3, -0.25) is 9.48 Å². The summed E-state index contributed by atoms with van der Waals surface area (Å²) in [6.45, 7) is 3.45. The van der Waals surface area contributed by atoms with Crippen LogP contribution >= 0.6 is 0 Å². The number of amides is 1. The molecule has 2 rings (SSSR count). The monoisotopic (exact) mass is 237 g/mol. The highest BCUT2D eigenvalue weighted by Crippen LogP contribution is 2.13. The number of carbonyl (C=O) groups excluding carboxylic acids is 1. The summed E-state index contributed by atoms with van der Waals surface area (Å²) in [5.41, 5.74) is 6.60. The van der Waals surface area contributed by atoms with Crippen molar-refractivity contribution in [2.45, 2.75) is 6.42 Å². The van der Waals surface area contributed by atoms with Gasteiger partial charge < -0.3 is 15.5 Å². The number of carbonyl (C=O) groups is 1. The summed E-state index contributed by atoms with van der Waals surface area (Å²) in [4.78, 5) is 16.3. The highest BCUT2D eigenvalue weighted by atomic mass is 16.2. The Kier molecular flexibility index (Phi) is 3.33. The molecule has 1 saturated heterocycles. The minimum atomic E-state index is -0.0570. The first-order valence-corrected chi connectivity index (χ1v) is 5.85. The molecule has 2 heterocycles. The van der Waals surface area contributed by atoms with E-state index in [2.05, 4.69) is 17.0 Å². The molecular formula is C11H19N5O. The Morgan fingerprint density at radius 1 is 1.29 bits per heavy atom. The molecular weight excluding hydrogens is 218 g/mol. The maximum Gasteiger partial charge on any atom is 0.276 e. The van der Waals surface area contributed by atoms with Crippen molar-refractivity contribution in [3.05, 3.63) is 11.9 Å². The minimum absolute atomic E-state index is 0.0570. The standard InChI is InChI=1S/C11H19N5O/c1-14-4-3-5-16(7-6-14)11(17)10-9(12)8-15(2)13-10/h8H,3-7,12H2,1-2H3. The van der Waals surface area contributed by atoms with Gasteiger partial charge in [0.1, 0.15) is 0 Å².